The molecule has 1 aromatic rings. The van der Waals surface area contributed by atoms with E-state index >= 15 is 0 Å². The number of halogens is 1. The zero-order valence-electron chi connectivity index (χ0n) is 11.1. The molecule has 1 aromatic carbocycles. The topological polar surface area (TPSA) is 58.6 Å². The monoisotopic (exact) mass is 327 g/mol. The lowest BCUT2D eigenvalue weighted by molar-refractivity contribution is -0.152. The van der Waals surface area contributed by atoms with Gasteiger partial charge in [-0.25, -0.2) is 4.79 Å². The molecule has 1 aliphatic rings. The van der Waals surface area contributed by atoms with Crippen LogP contribution in [0.25, 0.3) is 0 Å². The molecule has 2 rings (SSSR count). The maximum atomic E-state index is 11.7. The molecule has 2 N–H and O–H groups in total. The van der Waals surface area contributed by atoms with Crippen molar-refractivity contribution in [2.75, 3.05) is 11.9 Å². The molecular formula is C14H18BrNO3. The number of aliphatic carboxylic acids is 1. The predicted octanol–water partition coefficient (Wildman–Crippen LogP) is 3.27. The number of anilines is 1. The van der Waals surface area contributed by atoms with Crippen LogP contribution < -0.4 is 5.32 Å². The molecule has 0 spiro atoms. The zero-order valence-corrected chi connectivity index (χ0v) is 12.7. The number of carbonyl (C=O) groups is 1. The van der Waals surface area contributed by atoms with E-state index in [2.05, 4.69) is 21.2 Å². The van der Waals surface area contributed by atoms with Crippen molar-refractivity contribution in [3.05, 3.63) is 28.7 Å². The van der Waals surface area contributed by atoms with Crippen LogP contribution in [0.15, 0.2) is 28.7 Å². The molecule has 0 aromatic heterocycles. The number of nitrogens with one attached hydrogen (secondary N) is 1. The maximum absolute atomic E-state index is 11.7. The van der Waals surface area contributed by atoms with E-state index in [1.807, 2.05) is 38.1 Å². The summed E-state index contributed by atoms with van der Waals surface area (Å²) in [6.07, 6.45) is 0.889. The third-order valence-corrected chi connectivity index (χ3v) is 3.86. The number of hydrogen-bond donors (Lipinski definition) is 2. The standard InChI is InChI=1S/C14H18BrNO3/c1-13(2)9-14(12(17)18,6-7-19-13)16-11-5-3-4-10(15)8-11/h3-5,8,16H,6-7,9H2,1-2H3,(H,17,18). The third kappa shape index (κ3) is 3.28. The van der Waals surface area contributed by atoms with Gasteiger partial charge in [-0.15, -0.1) is 0 Å². The zero-order chi connectivity index (χ0) is 14.1. The van der Waals surface area contributed by atoms with Gasteiger partial charge in [-0.1, -0.05) is 22.0 Å². The van der Waals surface area contributed by atoms with E-state index in [0.717, 1.165) is 10.2 Å². The molecule has 1 saturated heterocycles. The van der Waals surface area contributed by atoms with Crippen LogP contribution in [-0.2, 0) is 9.53 Å². The van der Waals surface area contributed by atoms with Crippen LogP contribution in [0.2, 0.25) is 0 Å². The van der Waals surface area contributed by atoms with Crippen LogP contribution in [0.1, 0.15) is 26.7 Å². The molecule has 5 heteroatoms. The molecule has 0 aliphatic carbocycles. The Hall–Kier alpha value is -1.07. The molecule has 104 valence electrons. The normalized spacial score (nSPS) is 25.8. The van der Waals surface area contributed by atoms with Crippen LogP contribution in [0.5, 0.6) is 0 Å². The summed E-state index contributed by atoms with van der Waals surface area (Å²) in [6, 6.07) is 7.55. The molecule has 19 heavy (non-hydrogen) atoms. The second kappa shape index (κ2) is 5.13. The summed E-state index contributed by atoms with van der Waals surface area (Å²) >= 11 is 3.39. The molecule has 1 aliphatic heterocycles. The van der Waals surface area contributed by atoms with E-state index in [1.165, 1.54) is 0 Å². The molecule has 1 unspecified atom stereocenters. The highest BCUT2D eigenvalue weighted by molar-refractivity contribution is 9.10. The van der Waals surface area contributed by atoms with Gasteiger partial charge in [0.05, 0.1) is 12.2 Å². The van der Waals surface area contributed by atoms with Gasteiger partial charge in [0.25, 0.3) is 0 Å². The number of benzene rings is 1. The smallest absolute Gasteiger partial charge is 0.329 e. The number of carboxylic acids is 1. The summed E-state index contributed by atoms with van der Waals surface area (Å²) in [5.74, 6) is -0.830. The number of rotatable bonds is 3. The minimum absolute atomic E-state index is 0.432. The lowest BCUT2D eigenvalue weighted by atomic mass is 9.81. The maximum Gasteiger partial charge on any atom is 0.329 e. The van der Waals surface area contributed by atoms with E-state index in [0.29, 0.717) is 19.4 Å². The van der Waals surface area contributed by atoms with E-state index < -0.39 is 17.1 Å². The van der Waals surface area contributed by atoms with Crippen molar-refractivity contribution in [3.8, 4) is 0 Å². The SMILES string of the molecule is CC1(C)CC(Nc2cccc(Br)c2)(C(=O)O)CCO1. The Labute approximate surface area is 121 Å². The van der Waals surface area contributed by atoms with E-state index in [1.54, 1.807) is 0 Å². The Kier molecular flexibility index (Phi) is 3.87. The highest BCUT2D eigenvalue weighted by Crippen LogP contribution is 2.35. The van der Waals surface area contributed by atoms with Crippen LogP contribution >= 0.6 is 15.9 Å². The Morgan fingerprint density at radius 2 is 2.21 bits per heavy atom. The second-order valence-electron chi connectivity index (χ2n) is 5.56. The lowest BCUT2D eigenvalue weighted by Gasteiger charge is -2.43. The lowest BCUT2D eigenvalue weighted by Crippen LogP contribution is -2.55. The van der Waals surface area contributed by atoms with Gasteiger partial charge in [0.2, 0.25) is 0 Å². The van der Waals surface area contributed by atoms with E-state index in [-0.39, 0.29) is 0 Å². The average molecular weight is 328 g/mol. The number of hydrogen-bond acceptors (Lipinski definition) is 3. The van der Waals surface area contributed by atoms with Gasteiger partial charge in [-0.05, 0) is 32.0 Å². The molecule has 0 amide bonds. The van der Waals surface area contributed by atoms with Gasteiger partial charge in [0.15, 0.2) is 0 Å². The van der Waals surface area contributed by atoms with Crippen LogP contribution in [0.4, 0.5) is 5.69 Å². The molecule has 0 bridgehead atoms. The minimum atomic E-state index is -0.970. The molecule has 0 saturated carbocycles. The van der Waals surface area contributed by atoms with Crippen molar-refractivity contribution in [1.82, 2.24) is 0 Å². The number of carboxylic acid groups (broad SMARTS) is 1. The summed E-state index contributed by atoms with van der Waals surface area (Å²) in [4.78, 5) is 11.7. The molecular weight excluding hydrogens is 310 g/mol. The fourth-order valence-electron chi connectivity index (χ4n) is 2.55. The highest BCUT2D eigenvalue weighted by Gasteiger charge is 2.46. The largest absolute Gasteiger partial charge is 0.480 e. The van der Waals surface area contributed by atoms with Crippen LogP contribution in [0, 0.1) is 0 Å². The van der Waals surface area contributed by atoms with Gasteiger partial charge >= 0.3 is 5.97 Å². The van der Waals surface area contributed by atoms with Gasteiger partial charge in [0, 0.05) is 23.0 Å². The first-order valence-corrected chi connectivity index (χ1v) is 7.03. The van der Waals surface area contributed by atoms with Gasteiger partial charge in [-0.2, -0.15) is 0 Å². The number of ether oxygens (including phenoxy) is 1. The summed E-state index contributed by atoms with van der Waals surface area (Å²) in [5.41, 5.74) is -0.604. The first kappa shape index (κ1) is 14.3. The molecule has 0 radical (unpaired) electrons. The molecule has 4 nitrogen and oxygen atoms in total. The summed E-state index contributed by atoms with van der Waals surface area (Å²) in [6.45, 7) is 4.29. The fraction of sp³-hybridized carbons (Fsp3) is 0.500. The fourth-order valence-corrected chi connectivity index (χ4v) is 2.95. The van der Waals surface area contributed by atoms with Crippen LogP contribution in [0.3, 0.4) is 0 Å². The first-order chi connectivity index (χ1) is 8.83. The summed E-state index contributed by atoms with van der Waals surface area (Å²) in [5, 5.41) is 12.8. The van der Waals surface area contributed by atoms with Gasteiger partial charge in [0.1, 0.15) is 5.54 Å². The van der Waals surface area contributed by atoms with Crippen molar-refractivity contribution in [1.29, 1.82) is 0 Å². The van der Waals surface area contributed by atoms with Crippen molar-refractivity contribution in [3.63, 3.8) is 0 Å². The predicted molar refractivity (Wildman–Crippen MR) is 77.4 cm³/mol. The molecule has 1 heterocycles. The van der Waals surface area contributed by atoms with Gasteiger partial charge < -0.3 is 15.2 Å². The summed E-state index contributed by atoms with van der Waals surface area (Å²) in [7, 11) is 0. The average Bonchev–Trinajstić information content (AvgIpc) is 2.27. The van der Waals surface area contributed by atoms with E-state index in [4.69, 9.17) is 4.74 Å². The quantitative estimate of drug-likeness (QED) is 0.894. The molecule has 1 atom stereocenters. The minimum Gasteiger partial charge on any atom is -0.480 e. The van der Waals surface area contributed by atoms with Gasteiger partial charge in [-0.3, -0.25) is 0 Å². The Morgan fingerprint density at radius 3 is 2.79 bits per heavy atom. The van der Waals surface area contributed by atoms with Crippen molar-refractivity contribution in [2.24, 2.45) is 0 Å². The van der Waals surface area contributed by atoms with Crippen molar-refractivity contribution in [2.45, 2.75) is 37.8 Å². The third-order valence-electron chi connectivity index (χ3n) is 3.37. The second-order valence-corrected chi connectivity index (χ2v) is 6.47. The Bertz CT molecular complexity index is 489. The summed E-state index contributed by atoms with van der Waals surface area (Å²) < 4.78 is 6.54. The highest BCUT2D eigenvalue weighted by atomic mass is 79.9. The Balaban J connectivity index is 2.28. The first-order valence-electron chi connectivity index (χ1n) is 6.24. The van der Waals surface area contributed by atoms with Crippen molar-refractivity contribution >= 4 is 27.6 Å². The van der Waals surface area contributed by atoms with Crippen molar-refractivity contribution < 1.29 is 14.6 Å². The van der Waals surface area contributed by atoms with E-state index in [9.17, 15) is 9.90 Å². The molecule has 1 fully saturated rings. The Morgan fingerprint density at radius 1 is 1.47 bits per heavy atom. The van der Waals surface area contributed by atoms with Crippen LogP contribution in [-0.4, -0.2) is 28.8 Å².